The van der Waals surface area contributed by atoms with E-state index in [2.05, 4.69) is 4.98 Å². The molecule has 2 fully saturated rings. The van der Waals surface area contributed by atoms with Crippen molar-refractivity contribution in [3.63, 3.8) is 0 Å². The van der Waals surface area contributed by atoms with Gasteiger partial charge in [0.15, 0.2) is 0 Å². The molecule has 4 rings (SSSR count). The largest absolute Gasteiger partial charge is 0.469 e. The fourth-order valence-electron chi connectivity index (χ4n) is 3.69. The highest BCUT2D eigenvalue weighted by molar-refractivity contribution is 6.00. The summed E-state index contributed by atoms with van der Waals surface area (Å²) in [6.07, 6.45) is 6.06. The van der Waals surface area contributed by atoms with E-state index in [1.807, 2.05) is 17.0 Å². The summed E-state index contributed by atoms with van der Waals surface area (Å²) in [5, 5.41) is 0. The summed E-state index contributed by atoms with van der Waals surface area (Å²) in [7, 11) is 0. The number of hydrogen-bond acceptors (Lipinski definition) is 4. The van der Waals surface area contributed by atoms with Crippen molar-refractivity contribution in [1.29, 1.82) is 0 Å². The molecule has 4 heterocycles. The first-order valence-electron chi connectivity index (χ1n) is 7.74. The third-order valence-electron chi connectivity index (χ3n) is 4.77. The van der Waals surface area contributed by atoms with Crippen molar-refractivity contribution in [3.8, 4) is 0 Å². The molecule has 0 aromatic carbocycles. The monoisotopic (exact) mass is 311 g/mol. The van der Waals surface area contributed by atoms with Crippen molar-refractivity contribution in [2.45, 2.75) is 31.8 Å². The summed E-state index contributed by atoms with van der Waals surface area (Å²) in [5.74, 6) is 0.617. The second kappa shape index (κ2) is 5.22. The lowest BCUT2D eigenvalue weighted by atomic mass is 10.1. The van der Waals surface area contributed by atoms with Crippen LogP contribution < -0.4 is 4.90 Å². The Balaban J connectivity index is 1.61. The lowest BCUT2D eigenvalue weighted by Crippen LogP contribution is -2.40. The second-order valence-electron chi connectivity index (χ2n) is 5.99. The molecule has 2 aliphatic heterocycles. The van der Waals surface area contributed by atoms with E-state index in [4.69, 9.17) is 4.42 Å². The van der Waals surface area contributed by atoms with Gasteiger partial charge >= 0.3 is 0 Å². The van der Waals surface area contributed by atoms with Gasteiger partial charge in [0.1, 0.15) is 5.76 Å². The Morgan fingerprint density at radius 3 is 2.91 bits per heavy atom. The van der Waals surface area contributed by atoms with Crippen LogP contribution in [0.1, 0.15) is 29.0 Å². The molecule has 2 aromatic heterocycles. The number of aromatic nitrogens is 1. The normalized spacial score (nSPS) is 23.4. The summed E-state index contributed by atoms with van der Waals surface area (Å²) >= 11 is 0. The zero-order chi connectivity index (χ0) is 16.0. The maximum absolute atomic E-state index is 12.7. The van der Waals surface area contributed by atoms with Gasteiger partial charge in [0.25, 0.3) is 5.91 Å². The molecule has 2 amide bonds. The van der Waals surface area contributed by atoms with Crippen molar-refractivity contribution < 1.29 is 14.0 Å². The number of amides is 2. The molecule has 0 bridgehead atoms. The van der Waals surface area contributed by atoms with Gasteiger partial charge in [-0.3, -0.25) is 14.6 Å². The van der Waals surface area contributed by atoms with Gasteiger partial charge in [-0.2, -0.15) is 0 Å². The number of pyridine rings is 1. The summed E-state index contributed by atoms with van der Waals surface area (Å²) < 4.78 is 5.23. The SMILES string of the molecule is Cc1occc1C(=O)N1CC[C@@H]2[C@@H]1CC(=O)N2c1cccnc1. The van der Waals surface area contributed by atoms with Crippen LogP contribution in [0.5, 0.6) is 0 Å². The Labute approximate surface area is 133 Å². The van der Waals surface area contributed by atoms with Crippen molar-refractivity contribution in [1.82, 2.24) is 9.88 Å². The highest BCUT2D eigenvalue weighted by Gasteiger charge is 2.49. The molecule has 0 N–H and O–H groups in total. The number of nitrogens with zero attached hydrogens (tertiary/aromatic N) is 3. The van der Waals surface area contributed by atoms with Crippen molar-refractivity contribution in [3.05, 3.63) is 48.2 Å². The molecule has 0 saturated carbocycles. The van der Waals surface area contributed by atoms with Crippen LogP contribution in [0.2, 0.25) is 0 Å². The fraction of sp³-hybridized carbons (Fsp3) is 0.353. The smallest absolute Gasteiger partial charge is 0.257 e. The van der Waals surface area contributed by atoms with Gasteiger partial charge < -0.3 is 14.2 Å². The van der Waals surface area contributed by atoms with Gasteiger partial charge in [0.2, 0.25) is 5.91 Å². The van der Waals surface area contributed by atoms with Crippen LogP contribution in [-0.2, 0) is 4.79 Å². The molecule has 0 spiro atoms. The minimum Gasteiger partial charge on any atom is -0.469 e. The van der Waals surface area contributed by atoms with E-state index >= 15 is 0 Å². The second-order valence-corrected chi connectivity index (χ2v) is 5.99. The van der Waals surface area contributed by atoms with E-state index in [0.29, 0.717) is 24.3 Å². The lowest BCUT2D eigenvalue weighted by Gasteiger charge is -2.25. The molecule has 2 aliphatic rings. The number of anilines is 1. The number of rotatable bonds is 2. The molecular weight excluding hydrogens is 294 g/mol. The standard InChI is InChI=1S/C17H17N3O3/c1-11-13(5-8-23-11)17(22)19-7-4-14-15(19)9-16(21)20(14)12-3-2-6-18-10-12/h2-3,5-6,8,10,14-15H,4,7,9H2,1H3/t14-,15+/m1/s1. The molecule has 6 heteroatoms. The minimum absolute atomic E-state index is 0.0304. The Morgan fingerprint density at radius 2 is 2.22 bits per heavy atom. The predicted octanol–water partition coefficient (Wildman–Crippen LogP) is 2.00. The van der Waals surface area contributed by atoms with Gasteiger partial charge in [-0.15, -0.1) is 0 Å². The molecule has 118 valence electrons. The molecule has 2 atom stereocenters. The van der Waals surface area contributed by atoms with Gasteiger partial charge in [-0.25, -0.2) is 0 Å². The summed E-state index contributed by atoms with van der Waals surface area (Å²) in [5.41, 5.74) is 1.39. The zero-order valence-electron chi connectivity index (χ0n) is 12.8. The van der Waals surface area contributed by atoms with Crippen molar-refractivity contribution in [2.24, 2.45) is 0 Å². The molecule has 0 unspecified atom stereocenters. The number of fused-ring (bicyclic) bond motifs is 1. The van der Waals surface area contributed by atoms with Crippen LogP contribution in [0.15, 0.2) is 41.3 Å². The number of furan rings is 1. The Bertz CT molecular complexity index is 755. The topological polar surface area (TPSA) is 66.7 Å². The Hall–Kier alpha value is -2.63. The van der Waals surface area contributed by atoms with E-state index < -0.39 is 0 Å². The van der Waals surface area contributed by atoms with Crippen molar-refractivity contribution >= 4 is 17.5 Å². The minimum atomic E-state index is -0.0792. The van der Waals surface area contributed by atoms with E-state index in [1.165, 1.54) is 6.26 Å². The molecule has 0 aliphatic carbocycles. The van der Waals surface area contributed by atoms with Crippen molar-refractivity contribution in [2.75, 3.05) is 11.4 Å². The van der Waals surface area contributed by atoms with Gasteiger partial charge in [-0.1, -0.05) is 0 Å². The first-order valence-corrected chi connectivity index (χ1v) is 7.74. The number of aryl methyl sites for hydroxylation is 1. The third kappa shape index (κ3) is 2.13. The first-order chi connectivity index (χ1) is 11.2. The van der Waals surface area contributed by atoms with Crippen LogP contribution in [0.3, 0.4) is 0 Å². The first kappa shape index (κ1) is 14.0. The fourth-order valence-corrected chi connectivity index (χ4v) is 3.69. The molecule has 23 heavy (non-hydrogen) atoms. The molecule has 2 aromatic rings. The maximum atomic E-state index is 12.7. The molecule has 0 radical (unpaired) electrons. The van der Waals surface area contributed by atoms with E-state index in [9.17, 15) is 9.59 Å². The number of hydrogen-bond donors (Lipinski definition) is 0. The Kier molecular flexibility index (Phi) is 3.18. The highest BCUT2D eigenvalue weighted by Crippen LogP contribution is 2.36. The Morgan fingerprint density at radius 1 is 1.35 bits per heavy atom. The van der Waals surface area contributed by atoms with E-state index in [1.54, 1.807) is 30.3 Å². The average molecular weight is 311 g/mol. The van der Waals surface area contributed by atoms with Gasteiger partial charge in [0, 0.05) is 19.2 Å². The van der Waals surface area contributed by atoms with E-state index in [0.717, 1.165) is 12.1 Å². The summed E-state index contributed by atoms with van der Waals surface area (Å²) in [6.45, 7) is 2.44. The number of carbonyl (C=O) groups excluding carboxylic acids is 2. The average Bonchev–Trinajstić information content (AvgIpc) is 3.22. The predicted molar refractivity (Wildman–Crippen MR) is 83.0 cm³/mol. The summed E-state index contributed by atoms with van der Waals surface area (Å²) in [4.78, 5) is 32.9. The summed E-state index contributed by atoms with van der Waals surface area (Å²) in [6, 6.07) is 5.36. The van der Waals surface area contributed by atoms with Crippen LogP contribution in [0.4, 0.5) is 5.69 Å². The quantitative estimate of drug-likeness (QED) is 0.851. The number of carbonyl (C=O) groups is 2. The van der Waals surface area contributed by atoms with Crippen LogP contribution in [0.25, 0.3) is 0 Å². The van der Waals surface area contributed by atoms with E-state index in [-0.39, 0.29) is 23.9 Å². The number of likely N-dealkylation sites (tertiary alicyclic amines) is 1. The third-order valence-corrected chi connectivity index (χ3v) is 4.77. The van der Waals surface area contributed by atoms with Crippen LogP contribution >= 0.6 is 0 Å². The highest BCUT2D eigenvalue weighted by atomic mass is 16.3. The zero-order valence-corrected chi connectivity index (χ0v) is 12.8. The molecular formula is C17H17N3O3. The van der Waals surface area contributed by atoms with Crippen LogP contribution in [0, 0.1) is 6.92 Å². The van der Waals surface area contributed by atoms with Crippen LogP contribution in [-0.4, -0.2) is 40.3 Å². The molecule has 2 saturated heterocycles. The maximum Gasteiger partial charge on any atom is 0.257 e. The van der Waals surface area contributed by atoms with Gasteiger partial charge in [0.05, 0.1) is 35.8 Å². The van der Waals surface area contributed by atoms with Gasteiger partial charge in [-0.05, 0) is 31.5 Å². The molecule has 6 nitrogen and oxygen atoms in total. The lowest BCUT2D eigenvalue weighted by molar-refractivity contribution is -0.117.